The third-order valence-electron chi connectivity index (χ3n) is 6.81. The first-order chi connectivity index (χ1) is 18.3. The molecule has 0 unspecified atom stereocenters. The molecule has 0 aromatic heterocycles. The van der Waals surface area contributed by atoms with Crippen molar-refractivity contribution >= 4 is 23.8 Å². The molecule has 0 saturated heterocycles. The number of methoxy groups -OCH3 is 2. The average molecular weight is 517 g/mol. The van der Waals surface area contributed by atoms with Gasteiger partial charge in [0.05, 0.1) is 19.6 Å². The number of carbonyl (C=O) groups is 4. The van der Waals surface area contributed by atoms with E-state index in [0.29, 0.717) is 0 Å². The molecule has 0 fully saturated rings. The highest BCUT2D eigenvalue weighted by atomic mass is 16.5. The fourth-order valence-electron chi connectivity index (χ4n) is 4.87. The minimum atomic E-state index is -1.45. The summed E-state index contributed by atoms with van der Waals surface area (Å²) in [5.74, 6) is -5.66. The van der Waals surface area contributed by atoms with Gasteiger partial charge in [0.25, 0.3) is 0 Å². The summed E-state index contributed by atoms with van der Waals surface area (Å²) in [5, 5.41) is 2.69. The van der Waals surface area contributed by atoms with Crippen LogP contribution in [-0.4, -0.2) is 44.0 Å². The van der Waals surface area contributed by atoms with E-state index >= 15 is 0 Å². The Morgan fingerprint density at radius 1 is 0.737 bits per heavy atom. The van der Waals surface area contributed by atoms with Crippen LogP contribution in [0.4, 0.5) is 0 Å². The van der Waals surface area contributed by atoms with E-state index < -0.39 is 47.0 Å². The molecule has 8 heteroatoms. The first kappa shape index (κ1) is 28.1. The van der Waals surface area contributed by atoms with Gasteiger partial charge < -0.3 is 20.5 Å². The van der Waals surface area contributed by atoms with Crippen molar-refractivity contribution in [2.45, 2.75) is 24.8 Å². The molecule has 2 amide bonds. The molecular formula is C30H32N2O6. The average Bonchev–Trinajstić information content (AvgIpc) is 2.95. The summed E-state index contributed by atoms with van der Waals surface area (Å²) >= 11 is 0. The van der Waals surface area contributed by atoms with Gasteiger partial charge in [-0.25, -0.2) is 0 Å². The Morgan fingerprint density at radius 3 is 1.42 bits per heavy atom. The molecule has 3 aromatic carbocycles. The zero-order valence-corrected chi connectivity index (χ0v) is 21.6. The maximum Gasteiger partial charge on any atom is 0.320 e. The lowest BCUT2D eigenvalue weighted by Crippen LogP contribution is -2.53. The van der Waals surface area contributed by atoms with Crippen molar-refractivity contribution in [3.63, 3.8) is 0 Å². The Hall–Kier alpha value is -4.46. The minimum absolute atomic E-state index is 0.0807. The molecular weight excluding hydrogens is 484 g/mol. The highest BCUT2D eigenvalue weighted by molar-refractivity contribution is 5.97. The van der Waals surface area contributed by atoms with E-state index in [4.69, 9.17) is 15.2 Å². The fourth-order valence-corrected chi connectivity index (χ4v) is 4.87. The molecule has 38 heavy (non-hydrogen) atoms. The topological polar surface area (TPSA) is 125 Å². The maximum atomic E-state index is 13.7. The number of nitrogens with two attached hydrogens (primary N) is 1. The zero-order valence-electron chi connectivity index (χ0n) is 21.6. The lowest BCUT2D eigenvalue weighted by molar-refractivity contribution is -0.162. The monoisotopic (exact) mass is 516 g/mol. The lowest BCUT2D eigenvalue weighted by atomic mass is 9.67. The summed E-state index contributed by atoms with van der Waals surface area (Å²) in [5.41, 5.74) is 7.35. The van der Waals surface area contributed by atoms with Crippen LogP contribution in [0.25, 0.3) is 0 Å². The molecule has 0 saturated carbocycles. The van der Waals surface area contributed by atoms with Gasteiger partial charge >= 0.3 is 11.9 Å². The number of hydrogen-bond acceptors (Lipinski definition) is 6. The predicted molar refractivity (Wildman–Crippen MR) is 142 cm³/mol. The Balaban J connectivity index is 2.07. The van der Waals surface area contributed by atoms with Crippen molar-refractivity contribution in [2.75, 3.05) is 14.2 Å². The number of esters is 2. The van der Waals surface area contributed by atoms with Gasteiger partial charge in [0, 0.05) is 12.3 Å². The van der Waals surface area contributed by atoms with Crippen molar-refractivity contribution < 1.29 is 28.7 Å². The van der Waals surface area contributed by atoms with Gasteiger partial charge in [-0.3, -0.25) is 19.2 Å². The third-order valence-corrected chi connectivity index (χ3v) is 6.81. The normalized spacial score (nSPS) is 12.7. The van der Waals surface area contributed by atoms with Gasteiger partial charge in [0.15, 0.2) is 5.92 Å². The second kappa shape index (κ2) is 12.7. The van der Waals surface area contributed by atoms with Gasteiger partial charge in [0.2, 0.25) is 11.8 Å². The Morgan fingerprint density at radius 2 is 1.11 bits per heavy atom. The van der Waals surface area contributed by atoms with E-state index in [1.807, 2.05) is 91.0 Å². The van der Waals surface area contributed by atoms with E-state index in [-0.39, 0.29) is 6.42 Å². The molecule has 8 nitrogen and oxygen atoms in total. The predicted octanol–water partition coefficient (Wildman–Crippen LogP) is 2.98. The highest BCUT2D eigenvalue weighted by Crippen LogP contribution is 2.42. The molecule has 0 spiro atoms. The van der Waals surface area contributed by atoms with Crippen molar-refractivity contribution in [2.24, 2.45) is 17.6 Å². The van der Waals surface area contributed by atoms with Crippen molar-refractivity contribution in [1.29, 1.82) is 0 Å². The van der Waals surface area contributed by atoms with Crippen LogP contribution in [0.3, 0.4) is 0 Å². The van der Waals surface area contributed by atoms with Gasteiger partial charge in [-0.2, -0.15) is 0 Å². The smallest absolute Gasteiger partial charge is 0.320 e. The van der Waals surface area contributed by atoms with E-state index in [2.05, 4.69) is 5.32 Å². The molecule has 198 valence electrons. The molecule has 3 rings (SSSR count). The summed E-state index contributed by atoms with van der Waals surface area (Å²) in [7, 11) is 2.24. The molecule has 3 N–H and O–H groups in total. The van der Waals surface area contributed by atoms with Crippen LogP contribution in [0.15, 0.2) is 91.0 Å². The molecule has 3 aromatic rings. The standard InChI is InChI=1S/C30H32N2O6/c1-20(25(28(35)37-2)29(36)38-3)26(27(31)34)32-24(33)19-30(21-13-7-4-8-14-21,22-15-9-5-10-16-22)23-17-11-6-12-18-23/h4-18,20,25-26H,19H2,1-3H3,(H2,31,34)(H,32,33)/t20-,26+/m0/s1. The number of benzene rings is 3. The van der Waals surface area contributed by atoms with Crippen LogP contribution in [0.2, 0.25) is 0 Å². The van der Waals surface area contributed by atoms with Crippen LogP contribution >= 0.6 is 0 Å². The van der Waals surface area contributed by atoms with Crippen LogP contribution in [0.1, 0.15) is 30.0 Å². The number of amides is 2. The largest absolute Gasteiger partial charge is 0.468 e. The Labute approximate surface area is 222 Å². The van der Waals surface area contributed by atoms with Crippen LogP contribution in [-0.2, 0) is 34.1 Å². The van der Waals surface area contributed by atoms with Crippen LogP contribution in [0, 0.1) is 11.8 Å². The van der Waals surface area contributed by atoms with Crippen molar-refractivity contribution in [3.8, 4) is 0 Å². The van der Waals surface area contributed by atoms with Gasteiger partial charge in [-0.05, 0) is 16.7 Å². The molecule has 0 radical (unpaired) electrons. The highest BCUT2D eigenvalue weighted by Gasteiger charge is 2.43. The number of primary amides is 1. The fraction of sp³-hybridized carbons (Fsp3) is 0.267. The van der Waals surface area contributed by atoms with Gasteiger partial charge in [-0.15, -0.1) is 0 Å². The summed E-state index contributed by atoms with van der Waals surface area (Å²) in [6.45, 7) is 1.47. The SMILES string of the molecule is COC(=O)C(C(=O)OC)[C@H](C)[C@@H](NC(=O)CC(c1ccccc1)(c1ccccc1)c1ccccc1)C(N)=O. The molecule has 0 aliphatic heterocycles. The van der Waals surface area contributed by atoms with E-state index in [1.54, 1.807) is 0 Å². The Kier molecular flexibility index (Phi) is 9.38. The number of rotatable bonds is 11. The maximum absolute atomic E-state index is 13.7. The van der Waals surface area contributed by atoms with Crippen LogP contribution in [0.5, 0.6) is 0 Å². The minimum Gasteiger partial charge on any atom is -0.468 e. The second-order valence-electron chi connectivity index (χ2n) is 9.01. The summed E-state index contributed by atoms with van der Waals surface area (Å²) in [6, 6.07) is 27.5. The van der Waals surface area contributed by atoms with E-state index in [0.717, 1.165) is 30.9 Å². The number of nitrogens with one attached hydrogen (secondary N) is 1. The summed E-state index contributed by atoms with van der Waals surface area (Å²) in [4.78, 5) is 51.0. The van der Waals surface area contributed by atoms with E-state index in [9.17, 15) is 19.2 Å². The number of carbonyl (C=O) groups excluding carboxylic acids is 4. The van der Waals surface area contributed by atoms with Gasteiger partial charge in [-0.1, -0.05) is 97.9 Å². The third kappa shape index (κ3) is 5.91. The quantitative estimate of drug-likeness (QED) is 0.229. The summed E-state index contributed by atoms with van der Waals surface area (Å²) in [6.07, 6.45) is -0.0807. The molecule has 2 atom stereocenters. The second-order valence-corrected chi connectivity index (χ2v) is 9.01. The number of hydrogen-bond donors (Lipinski definition) is 2. The molecule has 0 aliphatic carbocycles. The first-order valence-electron chi connectivity index (χ1n) is 12.2. The van der Waals surface area contributed by atoms with E-state index in [1.165, 1.54) is 6.92 Å². The molecule has 0 bridgehead atoms. The lowest BCUT2D eigenvalue weighted by Gasteiger charge is -2.36. The van der Waals surface area contributed by atoms with Gasteiger partial charge in [0.1, 0.15) is 6.04 Å². The first-order valence-corrected chi connectivity index (χ1v) is 12.2. The summed E-state index contributed by atoms with van der Waals surface area (Å²) < 4.78 is 9.48. The molecule has 0 heterocycles. The Bertz CT molecular complexity index is 1130. The number of ether oxygens (including phenoxy) is 2. The van der Waals surface area contributed by atoms with Crippen LogP contribution < -0.4 is 11.1 Å². The van der Waals surface area contributed by atoms with Crippen molar-refractivity contribution in [3.05, 3.63) is 108 Å². The van der Waals surface area contributed by atoms with Crippen molar-refractivity contribution in [1.82, 2.24) is 5.32 Å². The molecule has 0 aliphatic rings. The zero-order chi connectivity index (χ0) is 27.7.